The lowest BCUT2D eigenvalue weighted by Crippen LogP contribution is -2.37. The van der Waals surface area contributed by atoms with E-state index in [1.165, 1.54) is 11.3 Å². The van der Waals surface area contributed by atoms with Crippen LogP contribution < -0.4 is 4.72 Å². The lowest BCUT2D eigenvalue weighted by molar-refractivity contribution is -0.132. The number of amides is 1. The van der Waals surface area contributed by atoms with Crippen LogP contribution in [0.3, 0.4) is 0 Å². The molecule has 1 N–H and O–H groups in total. The molecule has 164 valence electrons. The van der Waals surface area contributed by atoms with Gasteiger partial charge in [-0.2, -0.15) is 0 Å². The van der Waals surface area contributed by atoms with Crippen molar-refractivity contribution in [2.24, 2.45) is 0 Å². The van der Waals surface area contributed by atoms with Crippen LogP contribution in [-0.2, 0) is 26.1 Å². The van der Waals surface area contributed by atoms with E-state index in [0.29, 0.717) is 17.3 Å². The summed E-state index contributed by atoms with van der Waals surface area (Å²) in [4.78, 5) is 19.3. The van der Waals surface area contributed by atoms with Crippen molar-refractivity contribution in [3.8, 4) is 10.7 Å². The van der Waals surface area contributed by atoms with Gasteiger partial charge in [0.1, 0.15) is 16.4 Å². The first-order chi connectivity index (χ1) is 14.4. The molecular weight excluding hydrogens is 424 g/mol. The van der Waals surface area contributed by atoms with Crippen molar-refractivity contribution in [1.29, 1.82) is 0 Å². The molecule has 4 heterocycles. The summed E-state index contributed by atoms with van der Waals surface area (Å²) >= 11 is 1.45. The summed E-state index contributed by atoms with van der Waals surface area (Å²) in [6, 6.07) is 1.61. The SMILES string of the molecule is Cc1csc(-c2cc(S(=O)(=O)NC[C@@H]3CCCO3)cn2CC(=O)N2CCCCC2)n1. The van der Waals surface area contributed by atoms with Crippen LogP contribution in [-0.4, -0.2) is 61.1 Å². The largest absolute Gasteiger partial charge is 0.377 e. The molecule has 2 aliphatic rings. The summed E-state index contributed by atoms with van der Waals surface area (Å²) in [6.45, 7) is 4.46. The van der Waals surface area contributed by atoms with Gasteiger partial charge in [0.2, 0.25) is 15.9 Å². The molecule has 1 atom stereocenters. The quantitative estimate of drug-likeness (QED) is 0.696. The molecule has 2 aromatic heterocycles. The molecule has 0 aliphatic carbocycles. The maximum atomic E-state index is 12.9. The van der Waals surface area contributed by atoms with Crippen LogP contribution in [0.4, 0.5) is 0 Å². The summed E-state index contributed by atoms with van der Waals surface area (Å²) in [6.07, 6.45) is 6.46. The molecule has 0 unspecified atom stereocenters. The number of ether oxygens (including phenoxy) is 1. The predicted octanol–water partition coefficient (Wildman–Crippen LogP) is 2.39. The average Bonchev–Trinajstić information content (AvgIpc) is 3.48. The fraction of sp³-hybridized carbons (Fsp3) is 0.600. The Bertz CT molecular complexity index is 986. The topological polar surface area (TPSA) is 93.5 Å². The zero-order valence-corrected chi connectivity index (χ0v) is 18.8. The highest BCUT2D eigenvalue weighted by Gasteiger charge is 2.25. The van der Waals surface area contributed by atoms with E-state index in [2.05, 4.69) is 9.71 Å². The van der Waals surface area contributed by atoms with Crippen molar-refractivity contribution < 1.29 is 17.9 Å². The molecular formula is C20H28N4O4S2. The number of hydrogen-bond donors (Lipinski definition) is 1. The van der Waals surface area contributed by atoms with Crippen LogP contribution in [0.1, 0.15) is 37.8 Å². The average molecular weight is 453 g/mol. The van der Waals surface area contributed by atoms with Crippen LogP contribution in [0, 0.1) is 6.92 Å². The smallest absolute Gasteiger partial charge is 0.242 e. The Balaban J connectivity index is 1.57. The Morgan fingerprint density at radius 2 is 2.10 bits per heavy atom. The molecule has 0 spiro atoms. The first-order valence-corrected chi connectivity index (χ1v) is 12.8. The zero-order chi connectivity index (χ0) is 21.1. The van der Waals surface area contributed by atoms with E-state index in [9.17, 15) is 13.2 Å². The lowest BCUT2D eigenvalue weighted by atomic mass is 10.1. The van der Waals surface area contributed by atoms with Crippen LogP contribution in [0.25, 0.3) is 10.7 Å². The molecule has 2 aliphatic heterocycles. The van der Waals surface area contributed by atoms with E-state index in [0.717, 1.165) is 50.9 Å². The molecule has 2 aromatic rings. The molecule has 4 rings (SSSR count). The third-order valence-electron chi connectivity index (χ3n) is 5.56. The summed E-state index contributed by atoms with van der Waals surface area (Å²) in [7, 11) is -3.71. The second-order valence-corrected chi connectivity index (χ2v) is 10.5. The highest BCUT2D eigenvalue weighted by molar-refractivity contribution is 7.89. The standard InChI is InChI=1S/C20H28N4O4S2/c1-15-14-29-20(22-15)18-10-17(30(26,27)21-11-16-6-5-9-28-16)12-24(18)13-19(25)23-7-3-2-4-8-23/h10,12,14,16,21H,2-9,11,13H2,1H3/t16-/m0/s1. The van der Waals surface area contributed by atoms with Gasteiger partial charge in [0.05, 0.1) is 11.8 Å². The molecule has 0 radical (unpaired) electrons. The van der Waals surface area contributed by atoms with Gasteiger partial charge >= 0.3 is 0 Å². The molecule has 1 amide bonds. The maximum Gasteiger partial charge on any atom is 0.242 e. The number of likely N-dealkylation sites (tertiary alicyclic amines) is 1. The number of nitrogens with one attached hydrogen (secondary N) is 1. The summed E-state index contributed by atoms with van der Waals surface area (Å²) in [5, 5.41) is 2.63. The van der Waals surface area contributed by atoms with E-state index in [1.807, 2.05) is 17.2 Å². The molecule has 8 nitrogen and oxygen atoms in total. The maximum absolute atomic E-state index is 12.9. The van der Waals surface area contributed by atoms with Gasteiger partial charge in [0, 0.05) is 43.5 Å². The molecule has 0 aromatic carbocycles. The molecule has 2 saturated heterocycles. The highest BCUT2D eigenvalue weighted by Crippen LogP contribution is 2.28. The third-order valence-corrected chi connectivity index (χ3v) is 7.93. The number of carbonyl (C=O) groups is 1. The summed E-state index contributed by atoms with van der Waals surface area (Å²) in [5.41, 5.74) is 1.52. The van der Waals surface area contributed by atoms with Crippen LogP contribution >= 0.6 is 11.3 Å². The van der Waals surface area contributed by atoms with Crippen LogP contribution in [0.5, 0.6) is 0 Å². The molecule has 0 bridgehead atoms. The van der Waals surface area contributed by atoms with Crippen LogP contribution in [0.15, 0.2) is 22.5 Å². The van der Waals surface area contributed by atoms with Crippen molar-refractivity contribution >= 4 is 27.3 Å². The number of aromatic nitrogens is 2. The molecule has 10 heteroatoms. The second kappa shape index (κ2) is 9.17. The van der Waals surface area contributed by atoms with Gasteiger partial charge in [0.15, 0.2) is 0 Å². The minimum absolute atomic E-state index is 0.0103. The van der Waals surface area contributed by atoms with Gasteiger partial charge in [-0.25, -0.2) is 18.1 Å². The van der Waals surface area contributed by atoms with Crippen LogP contribution in [0.2, 0.25) is 0 Å². The van der Waals surface area contributed by atoms with Crippen molar-refractivity contribution in [2.45, 2.75) is 56.6 Å². The van der Waals surface area contributed by atoms with Gasteiger partial charge in [-0.1, -0.05) is 0 Å². The monoisotopic (exact) mass is 452 g/mol. The minimum atomic E-state index is -3.71. The van der Waals surface area contributed by atoms with E-state index in [1.54, 1.807) is 16.8 Å². The lowest BCUT2D eigenvalue weighted by Gasteiger charge is -2.27. The number of rotatable bonds is 7. The van der Waals surface area contributed by atoms with Gasteiger partial charge in [-0.3, -0.25) is 4.79 Å². The van der Waals surface area contributed by atoms with E-state index < -0.39 is 10.0 Å². The van der Waals surface area contributed by atoms with E-state index in [4.69, 9.17) is 4.74 Å². The van der Waals surface area contributed by atoms with E-state index in [-0.39, 0.29) is 30.0 Å². The number of nitrogens with zero attached hydrogens (tertiary/aromatic N) is 3. The number of sulfonamides is 1. The Morgan fingerprint density at radius 1 is 1.30 bits per heavy atom. The Kier molecular flexibility index (Phi) is 6.57. The summed E-state index contributed by atoms with van der Waals surface area (Å²) in [5.74, 6) is 0.0103. The first kappa shape index (κ1) is 21.5. The van der Waals surface area contributed by atoms with Gasteiger partial charge < -0.3 is 14.2 Å². The Labute approximate surface area is 181 Å². The minimum Gasteiger partial charge on any atom is -0.377 e. The van der Waals surface area contributed by atoms with Gasteiger partial charge in [0.25, 0.3) is 0 Å². The zero-order valence-electron chi connectivity index (χ0n) is 17.2. The van der Waals surface area contributed by atoms with Gasteiger partial charge in [-0.05, 0) is 45.1 Å². The van der Waals surface area contributed by atoms with Crippen molar-refractivity contribution in [3.05, 3.63) is 23.3 Å². The van der Waals surface area contributed by atoms with E-state index >= 15 is 0 Å². The number of hydrogen-bond acceptors (Lipinski definition) is 6. The Morgan fingerprint density at radius 3 is 2.77 bits per heavy atom. The van der Waals surface area contributed by atoms with Gasteiger partial charge in [-0.15, -0.1) is 11.3 Å². The molecule has 2 fully saturated rings. The normalized spacial score (nSPS) is 20.0. The number of aryl methyl sites for hydroxylation is 1. The van der Waals surface area contributed by atoms with Crippen molar-refractivity contribution in [2.75, 3.05) is 26.2 Å². The highest BCUT2D eigenvalue weighted by atomic mass is 32.2. The second-order valence-electron chi connectivity index (χ2n) is 7.91. The number of thiazole rings is 1. The third kappa shape index (κ3) is 4.93. The molecule has 30 heavy (non-hydrogen) atoms. The van der Waals surface area contributed by atoms with Crippen molar-refractivity contribution in [1.82, 2.24) is 19.2 Å². The number of carbonyl (C=O) groups excluding carboxylic acids is 1. The predicted molar refractivity (Wildman–Crippen MR) is 115 cm³/mol. The number of piperidine rings is 1. The Hall–Kier alpha value is -1.75. The molecule has 0 saturated carbocycles. The summed E-state index contributed by atoms with van der Waals surface area (Å²) < 4.78 is 35.7. The fourth-order valence-electron chi connectivity index (χ4n) is 3.89. The fourth-order valence-corrected chi connectivity index (χ4v) is 5.83. The van der Waals surface area contributed by atoms with Crippen molar-refractivity contribution in [3.63, 3.8) is 0 Å². The first-order valence-electron chi connectivity index (χ1n) is 10.4.